The van der Waals surface area contributed by atoms with Gasteiger partial charge in [0.15, 0.2) is 0 Å². The maximum Gasteiger partial charge on any atom is 0.321 e. The summed E-state index contributed by atoms with van der Waals surface area (Å²) in [6.45, 7) is 1.78. The molecule has 2 heterocycles. The number of likely N-dealkylation sites (tertiary alicyclic amines) is 1. The van der Waals surface area contributed by atoms with E-state index in [4.69, 9.17) is 23.2 Å². The SMILES string of the molecule is O=C(Nc1ccc(Cl)cc1Cl)N1CCC2(CC1)SCC(=O)N2Cc1ccccc1. The molecule has 2 aromatic carbocycles. The molecule has 4 rings (SSSR count). The average Bonchev–Trinajstić information content (AvgIpc) is 3.01. The van der Waals surface area contributed by atoms with Crippen LogP contribution in [0.5, 0.6) is 0 Å². The summed E-state index contributed by atoms with van der Waals surface area (Å²) >= 11 is 13.8. The van der Waals surface area contributed by atoms with Crippen LogP contribution in [-0.2, 0) is 11.3 Å². The highest BCUT2D eigenvalue weighted by Crippen LogP contribution is 2.45. The highest BCUT2D eigenvalue weighted by atomic mass is 35.5. The van der Waals surface area contributed by atoms with Crippen molar-refractivity contribution >= 4 is 52.6 Å². The number of hydrogen-bond acceptors (Lipinski definition) is 3. The third kappa shape index (κ3) is 4.34. The molecule has 2 fully saturated rings. The van der Waals surface area contributed by atoms with Crippen LogP contribution in [0.1, 0.15) is 18.4 Å². The molecule has 5 nitrogen and oxygen atoms in total. The van der Waals surface area contributed by atoms with Gasteiger partial charge in [0.25, 0.3) is 0 Å². The third-order valence-corrected chi connectivity index (χ3v) is 7.55. The molecular weight excluding hydrogens is 429 g/mol. The standard InChI is InChI=1S/C21H21Cl2N3O2S/c22-16-6-7-18(17(23)12-16)24-20(28)25-10-8-21(9-11-25)26(19(27)14-29-21)13-15-4-2-1-3-5-15/h1-7,12H,8-11,13-14H2,(H,24,28). The Morgan fingerprint density at radius 3 is 2.52 bits per heavy atom. The van der Waals surface area contributed by atoms with Crippen LogP contribution in [-0.4, -0.2) is 45.5 Å². The Hall–Kier alpha value is -1.89. The van der Waals surface area contributed by atoms with E-state index < -0.39 is 0 Å². The summed E-state index contributed by atoms with van der Waals surface area (Å²) in [5, 5.41) is 3.79. The monoisotopic (exact) mass is 449 g/mol. The zero-order valence-electron chi connectivity index (χ0n) is 15.7. The number of halogens is 2. The molecule has 1 N–H and O–H groups in total. The van der Waals surface area contributed by atoms with Crippen LogP contribution in [0.4, 0.5) is 10.5 Å². The van der Waals surface area contributed by atoms with Gasteiger partial charge in [-0.1, -0.05) is 53.5 Å². The minimum atomic E-state index is -0.235. The van der Waals surface area contributed by atoms with Gasteiger partial charge in [0.05, 0.1) is 21.3 Å². The van der Waals surface area contributed by atoms with E-state index in [0.29, 0.717) is 41.1 Å². The number of urea groups is 1. The molecule has 0 saturated carbocycles. The highest BCUT2D eigenvalue weighted by molar-refractivity contribution is 8.01. The number of nitrogens with zero attached hydrogens (tertiary/aromatic N) is 2. The minimum absolute atomic E-state index is 0.171. The fourth-order valence-corrected chi connectivity index (χ4v) is 5.63. The van der Waals surface area contributed by atoms with Crippen molar-refractivity contribution in [3.63, 3.8) is 0 Å². The molecule has 0 atom stereocenters. The maximum absolute atomic E-state index is 12.7. The predicted octanol–water partition coefficient (Wildman–Crippen LogP) is 5.09. The van der Waals surface area contributed by atoms with Gasteiger partial charge >= 0.3 is 6.03 Å². The summed E-state index contributed by atoms with van der Waals surface area (Å²) in [6, 6.07) is 14.8. The number of rotatable bonds is 3. The first-order valence-electron chi connectivity index (χ1n) is 9.46. The zero-order chi connectivity index (χ0) is 20.4. The average molecular weight is 450 g/mol. The maximum atomic E-state index is 12.7. The second kappa shape index (κ2) is 8.46. The van der Waals surface area contributed by atoms with Crippen molar-refractivity contribution in [3.8, 4) is 0 Å². The smallest absolute Gasteiger partial charge is 0.321 e. The molecule has 0 aliphatic carbocycles. The number of hydrogen-bond donors (Lipinski definition) is 1. The highest BCUT2D eigenvalue weighted by Gasteiger charge is 2.48. The zero-order valence-corrected chi connectivity index (χ0v) is 18.1. The number of nitrogens with one attached hydrogen (secondary N) is 1. The molecule has 0 aromatic heterocycles. The molecule has 2 aliphatic rings. The number of anilines is 1. The normalized spacial score (nSPS) is 18.3. The second-order valence-electron chi connectivity index (χ2n) is 7.24. The first-order valence-corrected chi connectivity index (χ1v) is 11.2. The summed E-state index contributed by atoms with van der Waals surface area (Å²) in [5.41, 5.74) is 1.66. The van der Waals surface area contributed by atoms with Crippen molar-refractivity contribution in [3.05, 3.63) is 64.1 Å². The fourth-order valence-electron chi connectivity index (χ4n) is 3.84. The predicted molar refractivity (Wildman–Crippen MR) is 118 cm³/mol. The van der Waals surface area contributed by atoms with Gasteiger partial charge in [-0.05, 0) is 36.6 Å². The number of thioether (sulfide) groups is 1. The molecule has 0 unspecified atom stereocenters. The minimum Gasteiger partial charge on any atom is -0.324 e. The topological polar surface area (TPSA) is 52.7 Å². The summed E-state index contributed by atoms with van der Waals surface area (Å²) < 4.78 is 0. The van der Waals surface area contributed by atoms with Crippen molar-refractivity contribution in [1.82, 2.24) is 9.80 Å². The lowest BCUT2D eigenvalue weighted by Crippen LogP contribution is -2.53. The lowest BCUT2D eigenvalue weighted by atomic mass is 10.0. The molecule has 2 aromatic rings. The summed E-state index contributed by atoms with van der Waals surface area (Å²) in [7, 11) is 0. The van der Waals surface area contributed by atoms with E-state index in [1.807, 2.05) is 35.2 Å². The summed E-state index contributed by atoms with van der Waals surface area (Å²) in [5.74, 6) is 0.670. The lowest BCUT2D eigenvalue weighted by Gasteiger charge is -2.44. The molecule has 3 amide bonds. The van der Waals surface area contributed by atoms with Gasteiger partial charge in [-0.2, -0.15) is 0 Å². The lowest BCUT2D eigenvalue weighted by molar-refractivity contribution is -0.131. The van der Waals surface area contributed by atoms with E-state index in [2.05, 4.69) is 5.32 Å². The number of piperidine rings is 1. The molecule has 29 heavy (non-hydrogen) atoms. The Bertz CT molecular complexity index is 917. The van der Waals surface area contributed by atoms with Crippen LogP contribution in [0.2, 0.25) is 10.0 Å². The Morgan fingerprint density at radius 1 is 1.10 bits per heavy atom. The van der Waals surface area contributed by atoms with Crippen LogP contribution in [0.3, 0.4) is 0 Å². The van der Waals surface area contributed by atoms with E-state index in [9.17, 15) is 9.59 Å². The molecule has 152 valence electrons. The van der Waals surface area contributed by atoms with Crippen LogP contribution < -0.4 is 5.32 Å². The van der Waals surface area contributed by atoms with E-state index in [1.54, 1.807) is 34.9 Å². The van der Waals surface area contributed by atoms with Gasteiger partial charge in [0, 0.05) is 24.7 Å². The van der Waals surface area contributed by atoms with Crippen molar-refractivity contribution < 1.29 is 9.59 Å². The van der Waals surface area contributed by atoms with Gasteiger partial charge in [-0.25, -0.2) is 4.79 Å². The quantitative estimate of drug-likeness (QED) is 0.709. The molecule has 2 aliphatic heterocycles. The van der Waals surface area contributed by atoms with Gasteiger partial charge in [-0.3, -0.25) is 4.79 Å². The number of carbonyl (C=O) groups excluding carboxylic acids is 2. The molecule has 1 spiro atoms. The Balaban J connectivity index is 1.41. The summed E-state index contributed by atoms with van der Waals surface area (Å²) in [6.07, 6.45) is 1.50. The van der Waals surface area contributed by atoms with Gasteiger partial charge < -0.3 is 15.1 Å². The molecule has 0 bridgehead atoms. The van der Waals surface area contributed by atoms with Crippen LogP contribution in [0, 0.1) is 0 Å². The molecular formula is C21H21Cl2N3O2S. The largest absolute Gasteiger partial charge is 0.324 e. The molecule has 8 heteroatoms. The third-order valence-electron chi connectivity index (χ3n) is 5.45. The van der Waals surface area contributed by atoms with Crippen molar-refractivity contribution in [1.29, 1.82) is 0 Å². The summed E-state index contributed by atoms with van der Waals surface area (Å²) in [4.78, 5) is 28.8. The number of benzene rings is 2. The van der Waals surface area contributed by atoms with Crippen LogP contribution in [0.15, 0.2) is 48.5 Å². The van der Waals surface area contributed by atoms with Gasteiger partial charge in [-0.15, -0.1) is 11.8 Å². The fraction of sp³-hybridized carbons (Fsp3) is 0.333. The van der Waals surface area contributed by atoms with E-state index in [1.165, 1.54) is 0 Å². The van der Waals surface area contributed by atoms with E-state index in [-0.39, 0.29) is 16.8 Å². The Kier molecular flexibility index (Phi) is 5.95. The van der Waals surface area contributed by atoms with Gasteiger partial charge in [0.2, 0.25) is 5.91 Å². The Labute approximate surface area is 184 Å². The van der Waals surface area contributed by atoms with Crippen molar-refractivity contribution in [2.75, 3.05) is 24.2 Å². The van der Waals surface area contributed by atoms with Gasteiger partial charge in [0.1, 0.15) is 0 Å². The molecule has 2 saturated heterocycles. The molecule has 0 radical (unpaired) electrons. The number of carbonyl (C=O) groups is 2. The first-order chi connectivity index (χ1) is 14.0. The van der Waals surface area contributed by atoms with Crippen LogP contribution in [0.25, 0.3) is 0 Å². The van der Waals surface area contributed by atoms with E-state index >= 15 is 0 Å². The van der Waals surface area contributed by atoms with E-state index in [0.717, 1.165) is 18.4 Å². The number of amides is 3. The van der Waals surface area contributed by atoms with Crippen molar-refractivity contribution in [2.24, 2.45) is 0 Å². The van der Waals surface area contributed by atoms with Crippen LogP contribution >= 0.6 is 35.0 Å². The van der Waals surface area contributed by atoms with Crippen molar-refractivity contribution in [2.45, 2.75) is 24.3 Å². The first kappa shape index (κ1) is 20.4. The Morgan fingerprint density at radius 2 is 1.83 bits per heavy atom. The second-order valence-corrected chi connectivity index (χ2v) is 9.42.